The number of halogens is 1. The molecule has 1 aromatic rings. The highest BCUT2D eigenvalue weighted by Crippen LogP contribution is 2.33. The van der Waals surface area contributed by atoms with Crippen LogP contribution >= 0.6 is 15.9 Å². The fourth-order valence-electron chi connectivity index (χ4n) is 1.56. The number of aryl methyl sites for hydroxylation is 1. The van der Waals surface area contributed by atoms with E-state index in [2.05, 4.69) is 21.2 Å². The number of rotatable bonds is 3. The average Bonchev–Trinajstić information content (AvgIpc) is 2.87. The average molecular weight is 286 g/mol. The number of nitrogens with one attached hydrogen (secondary N) is 1. The SMILES string of the molecule is Cc1cc(NC2CC2N)c(Br)cc1[N+](=O)[O-]. The molecule has 86 valence electrons. The maximum Gasteiger partial charge on any atom is 0.273 e. The van der Waals surface area contributed by atoms with Gasteiger partial charge in [0, 0.05) is 33.9 Å². The van der Waals surface area contributed by atoms with Crippen LogP contribution in [-0.4, -0.2) is 17.0 Å². The number of benzene rings is 1. The molecule has 0 bridgehead atoms. The topological polar surface area (TPSA) is 81.2 Å². The molecule has 3 N–H and O–H groups in total. The molecular formula is C10H12BrN3O2. The predicted molar refractivity (Wildman–Crippen MR) is 65.5 cm³/mol. The van der Waals surface area contributed by atoms with Crippen molar-refractivity contribution < 1.29 is 4.92 Å². The lowest BCUT2D eigenvalue weighted by atomic mass is 10.2. The lowest BCUT2D eigenvalue weighted by Crippen LogP contribution is -2.13. The molecule has 1 fully saturated rings. The lowest BCUT2D eigenvalue weighted by molar-refractivity contribution is -0.385. The van der Waals surface area contributed by atoms with E-state index in [9.17, 15) is 10.1 Å². The van der Waals surface area contributed by atoms with E-state index in [4.69, 9.17) is 5.73 Å². The van der Waals surface area contributed by atoms with Gasteiger partial charge in [-0.15, -0.1) is 0 Å². The number of anilines is 1. The fourth-order valence-corrected chi connectivity index (χ4v) is 2.00. The van der Waals surface area contributed by atoms with Gasteiger partial charge in [0.05, 0.1) is 4.92 Å². The zero-order valence-electron chi connectivity index (χ0n) is 8.74. The largest absolute Gasteiger partial charge is 0.380 e. The van der Waals surface area contributed by atoms with E-state index in [0.717, 1.165) is 12.1 Å². The van der Waals surface area contributed by atoms with Gasteiger partial charge in [-0.05, 0) is 35.3 Å². The zero-order chi connectivity index (χ0) is 11.9. The Morgan fingerprint density at radius 2 is 2.25 bits per heavy atom. The van der Waals surface area contributed by atoms with Gasteiger partial charge in [0.25, 0.3) is 5.69 Å². The fraction of sp³-hybridized carbons (Fsp3) is 0.400. The Bertz CT molecular complexity index is 450. The van der Waals surface area contributed by atoms with Crippen molar-refractivity contribution in [3.63, 3.8) is 0 Å². The number of nitrogens with two attached hydrogens (primary N) is 1. The highest BCUT2D eigenvalue weighted by Gasteiger charge is 2.33. The third kappa shape index (κ3) is 2.17. The summed E-state index contributed by atoms with van der Waals surface area (Å²) in [5, 5.41) is 14.0. The van der Waals surface area contributed by atoms with Crippen LogP contribution in [-0.2, 0) is 0 Å². The van der Waals surface area contributed by atoms with E-state index < -0.39 is 0 Å². The summed E-state index contributed by atoms with van der Waals surface area (Å²) in [5.41, 5.74) is 7.32. The summed E-state index contributed by atoms with van der Waals surface area (Å²) in [5.74, 6) is 0. The molecule has 1 aliphatic carbocycles. The molecule has 0 heterocycles. The standard InChI is InChI=1S/C10H12BrN3O2/c1-5-2-8(13-9-4-7(9)12)6(11)3-10(5)14(15)16/h2-3,7,9,13H,4,12H2,1H3. The van der Waals surface area contributed by atoms with Gasteiger partial charge in [0.1, 0.15) is 0 Å². The van der Waals surface area contributed by atoms with Crippen LogP contribution in [0.25, 0.3) is 0 Å². The Morgan fingerprint density at radius 1 is 1.62 bits per heavy atom. The molecule has 2 atom stereocenters. The minimum atomic E-state index is -0.382. The van der Waals surface area contributed by atoms with Crippen LogP contribution in [0.1, 0.15) is 12.0 Å². The second kappa shape index (κ2) is 4.03. The van der Waals surface area contributed by atoms with Gasteiger partial charge in [-0.25, -0.2) is 0 Å². The Balaban J connectivity index is 2.26. The summed E-state index contributed by atoms with van der Waals surface area (Å²) in [6.45, 7) is 1.72. The zero-order valence-corrected chi connectivity index (χ0v) is 10.3. The van der Waals surface area contributed by atoms with Gasteiger partial charge < -0.3 is 11.1 Å². The van der Waals surface area contributed by atoms with E-state index in [1.807, 2.05) is 0 Å². The van der Waals surface area contributed by atoms with Crippen LogP contribution < -0.4 is 11.1 Å². The third-order valence-electron chi connectivity index (χ3n) is 2.66. The molecule has 2 unspecified atom stereocenters. The molecule has 16 heavy (non-hydrogen) atoms. The highest BCUT2D eigenvalue weighted by atomic mass is 79.9. The smallest absolute Gasteiger partial charge is 0.273 e. The maximum atomic E-state index is 10.7. The molecule has 0 aliphatic heterocycles. The molecule has 0 radical (unpaired) electrons. The second-order valence-corrected chi connectivity index (χ2v) is 4.88. The van der Waals surface area contributed by atoms with Crippen LogP contribution in [0.15, 0.2) is 16.6 Å². The van der Waals surface area contributed by atoms with E-state index in [0.29, 0.717) is 10.0 Å². The summed E-state index contributed by atoms with van der Waals surface area (Å²) in [6.07, 6.45) is 0.947. The first kappa shape index (κ1) is 11.3. The molecule has 0 amide bonds. The molecule has 5 nitrogen and oxygen atoms in total. The number of hydrogen-bond donors (Lipinski definition) is 2. The van der Waals surface area contributed by atoms with E-state index in [1.165, 1.54) is 6.07 Å². The van der Waals surface area contributed by atoms with Crippen molar-refractivity contribution in [3.05, 3.63) is 32.3 Å². The molecule has 1 saturated carbocycles. The summed E-state index contributed by atoms with van der Waals surface area (Å²) in [6, 6.07) is 3.78. The summed E-state index contributed by atoms with van der Waals surface area (Å²) in [7, 11) is 0. The summed E-state index contributed by atoms with van der Waals surface area (Å²) in [4.78, 5) is 10.3. The van der Waals surface area contributed by atoms with E-state index in [1.54, 1.807) is 13.0 Å². The van der Waals surface area contributed by atoms with Gasteiger partial charge in [-0.3, -0.25) is 10.1 Å². The van der Waals surface area contributed by atoms with E-state index in [-0.39, 0.29) is 22.7 Å². The van der Waals surface area contributed by atoms with E-state index >= 15 is 0 Å². The van der Waals surface area contributed by atoms with Crippen molar-refractivity contribution in [3.8, 4) is 0 Å². The van der Waals surface area contributed by atoms with Crippen molar-refractivity contribution in [2.75, 3.05) is 5.32 Å². The first-order chi connectivity index (χ1) is 7.49. The number of nitro benzene ring substituents is 1. The third-order valence-corrected chi connectivity index (χ3v) is 3.32. The number of nitrogens with zero attached hydrogens (tertiary/aromatic N) is 1. The van der Waals surface area contributed by atoms with Crippen molar-refractivity contribution in [1.82, 2.24) is 0 Å². The molecule has 2 rings (SSSR count). The Hall–Kier alpha value is -1.14. The molecule has 0 aromatic heterocycles. The van der Waals surface area contributed by atoms with Crippen molar-refractivity contribution in [1.29, 1.82) is 0 Å². The first-order valence-electron chi connectivity index (χ1n) is 4.95. The quantitative estimate of drug-likeness (QED) is 0.659. The molecule has 1 aromatic carbocycles. The first-order valence-corrected chi connectivity index (χ1v) is 5.75. The van der Waals surface area contributed by atoms with Crippen molar-refractivity contribution in [2.24, 2.45) is 5.73 Å². The molecule has 0 spiro atoms. The molecule has 0 saturated heterocycles. The van der Waals surface area contributed by atoms with Gasteiger partial charge in [0.2, 0.25) is 0 Å². The molecular weight excluding hydrogens is 274 g/mol. The minimum Gasteiger partial charge on any atom is -0.380 e. The Labute approximate surface area is 101 Å². The van der Waals surface area contributed by atoms with Crippen molar-refractivity contribution in [2.45, 2.75) is 25.4 Å². The summed E-state index contributed by atoms with van der Waals surface area (Å²) >= 11 is 3.32. The van der Waals surface area contributed by atoms with Gasteiger partial charge in [-0.1, -0.05) is 0 Å². The predicted octanol–water partition coefficient (Wildman–Crippen LogP) is 2.18. The number of nitro groups is 1. The number of hydrogen-bond acceptors (Lipinski definition) is 4. The lowest BCUT2D eigenvalue weighted by Gasteiger charge is -2.09. The second-order valence-electron chi connectivity index (χ2n) is 4.03. The maximum absolute atomic E-state index is 10.7. The molecule has 1 aliphatic rings. The van der Waals surface area contributed by atoms with Crippen LogP contribution in [0.3, 0.4) is 0 Å². The monoisotopic (exact) mass is 285 g/mol. The van der Waals surface area contributed by atoms with Crippen LogP contribution in [0.2, 0.25) is 0 Å². The van der Waals surface area contributed by atoms with Gasteiger partial charge >= 0.3 is 0 Å². The van der Waals surface area contributed by atoms with Crippen LogP contribution in [0.5, 0.6) is 0 Å². The van der Waals surface area contributed by atoms with Crippen molar-refractivity contribution >= 4 is 27.3 Å². The van der Waals surface area contributed by atoms with Gasteiger partial charge in [0.15, 0.2) is 0 Å². The summed E-state index contributed by atoms with van der Waals surface area (Å²) < 4.78 is 0.698. The van der Waals surface area contributed by atoms with Crippen LogP contribution in [0, 0.1) is 17.0 Å². The normalized spacial score (nSPS) is 22.9. The molecule has 6 heteroatoms. The van der Waals surface area contributed by atoms with Crippen LogP contribution in [0.4, 0.5) is 11.4 Å². The Morgan fingerprint density at radius 3 is 2.75 bits per heavy atom. The minimum absolute atomic E-state index is 0.123. The highest BCUT2D eigenvalue weighted by molar-refractivity contribution is 9.10. The Kier molecular flexibility index (Phi) is 2.86. The van der Waals surface area contributed by atoms with Gasteiger partial charge in [-0.2, -0.15) is 0 Å².